The summed E-state index contributed by atoms with van der Waals surface area (Å²) in [6.07, 6.45) is 3.56. The molecule has 2 rings (SSSR count). The number of alkyl halides is 1. The molecule has 0 radical (unpaired) electrons. The topological polar surface area (TPSA) is 29.1 Å². The van der Waals surface area contributed by atoms with E-state index in [1.54, 1.807) is 12.1 Å². The molecule has 0 saturated heterocycles. The normalized spacial score (nSPS) is 22.5. The number of hydrogen-bond acceptors (Lipinski definition) is 1. The Labute approximate surface area is 124 Å². The van der Waals surface area contributed by atoms with Crippen molar-refractivity contribution in [3.8, 4) is 0 Å². The van der Waals surface area contributed by atoms with Gasteiger partial charge >= 0.3 is 0 Å². The van der Waals surface area contributed by atoms with Gasteiger partial charge < -0.3 is 5.32 Å². The summed E-state index contributed by atoms with van der Waals surface area (Å²) in [6, 6.07) is 5.39. The molecular weight excluding hydrogens is 281 g/mol. The fourth-order valence-corrected chi connectivity index (χ4v) is 3.32. The maximum Gasteiger partial charge on any atom is 0.251 e. The summed E-state index contributed by atoms with van der Waals surface area (Å²) in [7, 11) is 0. The Balaban J connectivity index is 1.96. The number of amides is 1. The van der Waals surface area contributed by atoms with Gasteiger partial charge in [0.2, 0.25) is 0 Å². The van der Waals surface area contributed by atoms with Gasteiger partial charge in [0.25, 0.3) is 5.91 Å². The highest BCUT2D eigenvalue weighted by atomic mass is 35.5. The van der Waals surface area contributed by atoms with Crippen molar-refractivity contribution >= 4 is 29.1 Å². The second-order valence-electron chi connectivity index (χ2n) is 5.27. The van der Waals surface area contributed by atoms with E-state index in [9.17, 15) is 4.79 Å². The number of carbonyl (C=O) groups is 1. The number of hydrogen-bond donors (Lipinski definition) is 1. The van der Waals surface area contributed by atoms with E-state index in [2.05, 4.69) is 5.32 Å². The van der Waals surface area contributed by atoms with Crippen LogP contribution in [0.2, 0.25) is 5.02 Å². The summed E-state index contributed by atoms with van der Waals surface area (Å²) >= 11 is 11.9. The second-order valence-corrected chi connectivity index (χ2v) is 6.02. The van der Waals surface area contributed by atoms with E-state index in [1.807, 2.05) is 13.0 Å². The van der Waals surface area contributed by atoms with E-state index in [0.717, 1.165) is 12.0 Å². The number of carbonyl (C=O) groups excluding carboxylic acids is 1. The summed E-state index contributed by atoms with van der Waals surface area (Å²) in [6.45, 7) is 2.63. The summed E-state index contributed by atoms with van der Waals surface area (Å²) in [5, 5.41) is 3.61. The number of aryl methyl sites for hydroxylation is 1. The molecule has 2 atom stereocenters. The molecule has 0 spiro atoms. The minimum Gasteiger partial charge on any atom is -0.352 e. The first-order chi connectivity index (χ1) is 9.11. The molecular formula is C15H19Cl2NO. The number of benzene rings is 1. The van der Waals surface area contributed by atoms with Gasteiger partial charge in [-0.05, 0) is 49.3 Å². The van der Waals surface area contributed by atoms with Gasteiger partial charge in [-0.1, -0.05) is 24.1 Å². The smallest absolute Gasteiger partial charge is 0.251 e. The van der Waals surface area contributed by atoms with E-state index in [4.69, 9.17) is 23.2 Å². The average Bonchev–Trinajstić information content (AvgIpc) is 2.86. The van der Waals surface area contributed by atoms with Crippen LogP contribution in [0, 0.1) is 18.8 Å². The molecule has 0 aliphatic heterocycles. The third-order valence-electron chi connectivity index (χ3n) is 3.98. The van der Waals surface area contributed by atoms with Gasteiger partial charge in [0.15, 0.2) is 0 Å². The summed E-state index contributed by atoms with van der Waals surface area (Å²) in [5.41, 5.74) is 1.61. The third-order valence-corrected chi connectivity index (χ3v) is 4.62. The van der Waals surface area contributed by atoms with Gasteiger partial charge in [0.05, 0.1) is 0 Å². The molecule has 1 aliphatic carbocycles. The molecule has 0 bridgehead atoms. The Hall–Kier alpha value is -0.730. The lowest BCUT2D eigenvalue weighted by molar-refractivity contribution is 0.0944. The van der Waals surface area contributed by atoms with Crippen LogP contribution < -0.4 is 5.32 Å². The fourth-order valence-electron chi connectivity index (χ4n) is 2.74. The molecule has 1 fully saturated rings. The van der Waals surface area contributed by atoms with E-state index >= 15 is 0 Å². The standard InChI is InChI=1S/C15H19Cl2NO/c1-10-5-6-13(17)7-14(10)15(19)18-9-12-4-2-3-11(12)8-16/h5-7,11-12H,2-4,8-9H2,1H3,(H,18,19). The molecule has 4 heteroatoms. The first-order valence-corrected chi connectivity index (χ1v) is 7.63. The Morgan fingerprint density at radius 2 is 2.11 bits per heavy atom. The Bertz CT molecular complexity index is 461. The SMILES string of the molecule is Cc1ccc(Cl)cc1C(=O)NCC1CCCC1CCl. The number of halogens is 2. The van der Waals surface area contributed by atoms with E-state index in [1.165, 1.54) is 12.8 Å². The zero-order valence-electron chi connectivity index (χ0n) is 11.1. The third kappa shape index (κ3) is 3.64. The molecule has 19 heavy (non-hydrogen) atoms. The summed E-state index contributed by atoms with van der Waals surface area (Å²) in [5.74, 6) is 1.71. The van der Waals surface area contributed by atoms with Crippen molar-refractivity contribution in [2.24, 2.45) is 11.8 Å². The lowest BCUT2D eigenvalue weighted by Crippen LogP contribution is -2.31. The maximum absolute atomic E-state index is 12.2. The van der Waals surface area contributed by atoms with Crippen LogP contribution in [0.3, 0.4) is 0 Å². The molecule has 1 saturated carbocycles. The predicted octanol–water partition coefficient (Wildman–Crippen LogP) is 4.03. The largest absolute Gasteiger partial charge is 0.352 e. The molecule has 2 nitrogen and oxygen atoms in total. The summed E-state index contributed by atoms with van der Waals surface area (Å²) in [4.78, 5) is 12.2. The van der Waals surface area contributed by atoms with Crippen molar-refractivity contribution in [2.45, 2.75) is 26.2 Å². The van der Waals surface area contributed by atoms with Crippen LogP contribution in [0.4, 0.5) is 0 Å². The molecule has 1 aromatic rings. The van der Waals surface area contributed by atoms with Crippen LogP contribution in [-0.2, 0) is 0 Å². The highest BCUT2D eigenvalue weighted by molar-refractivity contribution is 6.31. The van der Waals surface area contributed by atoms with Crippen molar-refractivity contribution in [1.82, 2.24) is 5.32 Å². The molecule has 104 valence electrons. The minimum atomic E-state index is -0.0415. The van der Waals surface area contributed by atoms with Crippen LogP contribution in [0.25, 0.3) is 0 Å². The van der Waals surface area contributed by atoms with Crippen LogP contribution in [-0.4, -0.2) is 18.3 Å². The first-order valence-electron chi connectivity index (χ1n) is 6.72. The first kappa shape index (κ1) is 14.7. The summed E-state index contributed by atoms with van der Waals surface area (Å²) < 4.78 is 0. The predicted molar refractivity (Wildman–Crippen MR) is 80.1 cm³/mol. The zero-order valence-corrected chi connectivity index (χ0v) is 12.6. The molecule has 1 aromatic carbocycles. The van der Waals surface area contributed by atoms with Crippen LogP contribution >= 0.6 is 23.2 Å². The quantitative estimate of drug-likeness (QED) is 0.836. The zero-order chi connectivity index (χ0) is 13.8. The van der Waals surface area contributed by atoms with E-state index in [-0.39, 0.29) is 5.91 Å². The average molecular weight is 300 g/mol. The lowest BCUT2D eigenvalue weighted by atomic mass is 9.98. The van der Waals surface area contributed by atoms with Crippen molar-refractivity contribution in [3.63, 3.8) is 0 Å². The van der Waals surface area contributed by atoms with Gasteiger partial charge in [-0.2, -0.15) is 0 Å². The van der Waals surface area contributed by atoms with Gasteiger partial charge in [-0.3, -0.25) is 4.79 Å². The van der Waals surface area contributed by atoms with Crippen molar-refractivity contribution in [1.29, 1.82) is 0 Å². The molecule has 1 aliphatic rings. The fraction of sp³-hybridized carbons (Fsp3) is 0.533. The van der Waals surface area contributed by atoms with Gasteiger partial charge in [-0.25, -0.2) is 0 Å². The molecule has 0 heterocycles. The van der Waals surface area contributed by atoms with Crippen LogP contribution in [0.5, 0.6) is 0 Å². The Morgan fingerprint density at radius 1 is 1.37 bits per heavy atom. The Morgan fingerprint density at radius 3 is 2.84 bits per heavy atom. The van der Waals surface area contributed by atoms with E-state index in [0.29, 0.717) is 34.8 Å². The highest BCUT2D eigenvalue weighted by Gasteiger charge is 2.26. The van der Waals surface area contributed by atoms with Gasteiger partial charge in [0.1, 0.15) is 0 Å². The second kappa shape index (κ2) is 6.62. The van der Waals surface area contributed by atoms with Crippen molar-refractivity contribution < 1.29 is 4.79 Å². The molecule has 1 amide bonds. The molecule has 2 unspecified atom stereocenters. The van der Waals surface area contributed by atoms with Gasteiger partial charge in [0, 0.05) is 23.0 Å². The molecule has 0 aromatic heterocycles. The lowest BCUT2D eigenvalue weighted by Gasteiger charge is -2.18. The van der Waals surface area contributed by atoms with Crippen LogP contribution in [0.15, 0.2) is 18.2 Å². The Kier molecular flexibility index (Phi) is 5.12. The van der Waals surface area contributed by atoms with Crippen LogP contribution in [0.1, 0.15) is 35.2 Å². The number of nitrogens with one attached hydrogen (secondary N) is 1. The maximum atomic E-state index is 12.2. The highest BCUT2D eigenvalue weighted by Crippen LogP contribution is 2.32. The van der Waals surface area contributed by atoms with E-state index < -0.39 is 0 Å². The van der Waals surface area contributed by atoms with Crippen molar-refractivity contribution in [2.75, 3.05) is 12.4 Å². The minimum absolute atomic E-state index is 0.0415. The van der Waals surface area contributed by atoms with Crippen molar-refractivity contribution in [3.05, 3.63) is 34.3 Å². The molecule has 1 N–H and O–H groups in total. The monoisotopic (exact) mass is 299 g/mol. The number of rotatable bonds is 4. The van der Waals surface area contributed by atoms with Gasteiger partial charge in [-0.15, -0.1) is 11.6 Å².